The molecule has 0 bridgehead atoms. The molecule has 3 rings (SSSR count). The average molecular weight is 507 g/mol. The van der Waals surface area contributed by atoms with Gasteiger partial charge in [-0.2, -0.15) is 0 Å². The number of carbonyl (C=O) groups excluding carboxylic acids is 3. The Hall–Kier alpha value is -3.45. The quantitative estimate of drug-likeness (QED) is 0.419. The van der Waals surface area contributed by atoms with E-state index in [9.17, 15) is 19.5 Å². The summed E-state index contributed by atoms with van der Waals surface area (Å²) >= 11 is 0. The summed E-state index contributed by atoms with van der Waals surface area (Å²) in [4.78, 5) is 40.5. The van der Waals surface area contributed by atoms with Crippen LogP contribution in [0.4, 0.5) is 0 Å². The van der Waals surface area contributed by atoms with Gasteiger partial charge in [-0.3, -0.25) is 14.4 Å². The maximum atomic E-state index is 13.4. The van der Waals surface area contributed by atoms with Crippen LogP contribution in [0.15, 0.2) is 72.8 Å². The number of allylic oxidation sites excluding steroid dienone is 2. The zero-order chi connectivity index (χ0) is 26.3. The fourth-order valence-corrected chi connectivity index (χ4v) is 4.38. The molecule has 1 aliphatic heterocycles. The number of aliphatic hydroxyl groups is 1. The number of cyclic esters (lactones) is 1. The first kappa shape index (κ1) is 28.1. The molecule has 0 saturated carbocycles. The molecule has 198 valence electrons. The molecule has 0 spiro atoms. The lowest BCUT2D eigenvalue weighted by atomic mass is 9.97. The van der Waals surface area contributed by atoms with E-state index in [1.807, 2.05) is 72.8 Å². The van der Waals surface area contributed by atoms with Gasteiger partial charge in [-0.25, -0.2) is 0 Å². The molecule has 0 fully saturated rings. The van der Waals surface area contributed by atoms with Crippen molar-refractivity contribution in [2.24, 2.45) is 5.92 Å². The molecule has 0 aliphatic carbocycles. The van der Waals surface area contributed by atoms with Crippen LogP contribution in [0.2, 0.25) is 0 Å². The number of amides is 2. The van der Waals surface area contributed by atoms with Gasteiger partial charge in [-0.1, -0.05) is 72.8 Å². The third-order valence-electron chi connectivity index (χ3n) is 6.44. The van der Waals surface area contributed by atoms with Crippen LogP contribution in [0.3, 0.4) is 0 Å². The molecule has 0 aromatic heterocycles. The van der Waals surface area contributed by atoms with Crippen molar-refractivity contribution in [1.29, 1.82) is 0 Å². The van der Waals surface area contributed by atoms with Crippen LogP contribution < -0.4 is 5.32 Å². The van der Waals surface area contributed by atoms with E-state index in [2.05, 4.69) is 5.32 Å². The number of nitrogens with zero attached hydrogens (tertiary/aromatic N) is 1. The molecule has 7 heteroatoms. The van der Waals surface area contributed by atoms with Crippen LogP contribution in [0.5, 0.6) is 0 Å². The van der Waals surface area contributed by atoms with Gasteiger partial charge in [-0.15, -0.1) is 0 Å². The number of hydrogen-bond donors (Lipinski definition) is 2. The summed E-state index contributed by atoms with van der Waals surface area (Å²) in [6.45, 7) is 0.502. The van der Waals surface area contributed by atoms with Crippen LogP contribution in [0.25, 0.3) is 0 Å². The fourth-order valence-electron chi connectivity index (χ4n) is 4.38. The zero-order valence-electron chi connectivity index (χ0n) is 21.4. The first-order valence-electron chi connectivity index (χ1n) is 13.1. The molecule has 0 saturated heterocycles. The second-order valence-corrected chi connectivity index (χ2v) is 9.46. The molecule has 2 atom stereocenters. The summed E-state index contributed by atoms with van der Waals surface area (Å²) in [6, 6.07) is 18.9. The monoisotopic (exact) mass is 506 g/mol. The van der Waals surface area contributed by atoms with Gasteiger partial charge in [0.05, 0.1) is 18.6 Å². The third-order valence-corrected chi connectivity index (χ3v) is 6.44. The molecule has 2 aromatic rings. The minimum absolute atomic E-state index is 0.0286. The van der Waals surface area contributed by atoms with E-state index < -0.39 is 12.0 Å². The normalized spacial score (nSPS) is 19.4. The Morgan fingerprint density at radius 3 is 2.38 bits per heavy atom. The van der Waals surface area contributed by atoms with Gasteiger partial charge in [0.25, 0.3) is 0 Å². The Morgan fingerprint density at radius 2 is 1.68 bits per heavy atom. The lowest BCUT2D eigenvalue weighted by Gasteiger charge is -2.26. The first-order chi connectivity index (χ1) is 18.0. The molecule has 0 unspecified atom stereocenters. The largest absolute Gasteiger partial charge is 0.463 e. The summed E-state index contributed by atoms with van der Waals surface area (Å²) in [5.74, 6) is -1.26. The minimum atomic E-state index is -0.572. The highest BCUT2D eigenvalue weighted by molar-refractivity contribution is 5.86. The number of hydrogen-bond acceptors (Lipinski definition) is 5. The molecule has 1 aliphatic rings. The second kappa shape index (κ2) is 15.6. The van der Waals surface area contributed by atoms with E-state index in [-0.39, 0.29) is 44.0 Å². The van der Waals surface area contributed by atoms with Gasteiger partial charge in [0.15, 0.2) is 0 Å². The van der Waals surface area contributed by atoms with Crippen LogP contribution in [0, 0.1) is 5.92 Å². The van der Waals surface area contributed by atoms with Gasteiger partial charge in [0.2, 0.25) is 11.8 Å². The number of rotatable bonds is 8. The Bertz CT molecular complexity index is 1010. The van der Waals surface area contributed by atoms with Crippen molar-refractivity contribution >= 4 is 17.8 Å². The van der Waals surface area contributed by atoms with Gasteiger partial charge < -0.3 is 20.1 Å². The molecule has 37 heavy (non-hydrogen) atoms. The van der Waals surface area contributed by atoms with Crippen molar-refractivity contribution in [2.75, 3.05) is 19.8 Å². The Morgan fingerprint density at radius 1 is 0.973 bits per heavy atom. The zero-order valence-corrected chi connectivity index (χ0v) is 21.4. The minimum Gasteiger partial charge on any atom is -0.463 e. The van der Waals surface area contributed by atoms with Gasteiger partial charge in [-0.05, 0) is 43.2 Å². The number of carbonyl (C=O) groups is 3. The Kier molecular flexibility index (Phi) is 11.9. The standard InChI is InChI=1S/C30H38N2O5/c33-19-18-32(22-25-14-8-5-9-15-25)28(34)21-26-16-10-2-1-3-11-17-29(35)37-23-27(31-30(26)36)20-24-12-6-4-7-13-24/h2,4-10,12-15,26-27,33H,1,3,11,16-23H2,(H,31,36)/t26-,27+/m1/s1. The Labute approximate surface area is 219 Å². The topological polar surface area (TPSA) is 95.9 Å². The average Bonchev–Trinajstić information content (AvgIpc) is 2.91. The third kappa shape index (κ3) is 10.2. The highest BCUT2D eigenvalue weighted by atomic mass is 16.5. The lowest BCUT2D eigenvalue weighted by molar-refractivity contribution is -0.145. The predicted octanol–water partition coefficient (Wildman–Crippen LogP) is 3.80. The first-order valence-corrected chi connectivity index (χ1v) is 13.1. The molecule has 2 aromatic carbocycles. The molecule has 0 radical (unpaired) electrons. The van der Waals surface area contributed by atoms with E-state index in [4.69, 9.17) is 4.74 Å². The summed E-state index contributed by atoms with van der Waals surface area (Å²) in [5.41, 5.74) is 1.99. The van der Waals surface area contributed by atoms with Crippen LogP contribution in [-0.4, -0.2) is 53.6 Å². The summed E-state index contributed by atoms with van der Waals surface area (Å²) in [6.07, 6.45) is 7.72. The van der Waals surface area contributed by atoms with Gasteiger partial charge >= 0.3 is 5.97 Å². The fraction of sp³-hybridized carbons (Fsp3) is 0.433. The van der Waals surface area contributed by atoms with Crippen molar-refractivity contribution in [3.8, 4) is 0 Å². The van der Waals surface area contributed by atoms with E-state index in [1.165, 1.54) is 0 Å². The van der Waals surface area contributed by atoms with Gasteiger partial charge in [0, 0.05) is 25.9 Å². The summed E-state index contributed by atoms with van der Waals surface area (Å²) in [5, 5.41) is 12.6. The second-order valence-electron chi connectivity index (χ2n) is 9.46. The van der Waals surface area contributed by atoms with E-state index >= 15 is 0 Å². The number of aliphatic hydroxyl groups excluding tert-OH is 1. The van der Waals surface area contributed by atoms with Crippen molar-refractivity contribution < 1.29 is 24.2 Å². The molecular weight excluding hydrogens is 468 g/mol. The lowest BCUT2D eigenvalue weighted by Crippen LogP contribution is -2.44. The van der Waals surface area contributed by atoms with E-state index in [0.29, 0.717) is 25.8 Å². The van der Waals surface area contributed by atoms with Crippen LogP contribution >= 0.6 is 0 Å². The number of ether oxygens (including phenoxy) is 1. The van der Waals surface area contributed by atoms with Crippen molar-refractivity contribution in [3.05, 3.63) is 83.9 Å². The van der Waals surface area contributed by atoms with Crippen LogP contribution in [-0.2, 0) is 32.1 Å². The number of benzene rings is 2. The van der Waals surface area contributed by atoms with Gasteiger partial charge in [0.1, 0.15) is 6.61 Å². The highest BCUT2D eigenvalue weighted by Crippen LogP contribution is 2.17. The predicted molar refractivity (Wildman–Crippen MR) is 142 cm³/mol. The molecule has 2 N–H and O–H groups in total. The van der Waals surface area contributed by atoms with Crippen molar-refractivity contribution in [3.63, 3.8) is 0 Å². The Balaban J connectivity index is 1.75. The maximum absolute atomic E-state index is 13.4. The maximum Gasteiger partial charge on any atom is 0.305 e. The van der Waals surface area contributed by atoms with Crippen molar-refractivity contribution in [1.82, 2.24) is 10.2 Å². The smallest absolute Gasteiger partial charge is 0.305 e. The molecule has 7 nitrogen and oxygen atoms in total. The molecule has 1 heterocycles. The van der Waals surface area contributed by atoms with E-state index in [1.54, 1.807) is 4.90 Å². The number of nitrogens with one attached hydrogen (secondary N) is 1. The van der Waals surface area contributed by atoms with Crippen molar-refractivity contribution in [2.45, 2.75) is 57.5 Å². The SMILES string of the molecule is O=C1CCCCC=CC[C@H](CC(=O)N(CCO)Cc2ccccc2)C(=O)N[C@@H](Cc2ccccc2)CO1. The summed E-state index contributed by atoms with van der Waals surface area (Å²) < 4.78 is 5.50. The van der Waals surface area contributed by atoms with E-state index in [0.717, 1.165) is 30.4 Å². The number of esters is 1. The molecule has 2 amide bonds. The molecular formula is C30H38N2O5. The van der Waals surface area contributed by atoms with Crippen LogP contribution in [0.1, 0.15) is 49.7 Å². The summed E-state index contributed by atoms with van der Waals surface area (Å²) in [7, 11) is 0. The highest BCUT2D eigenvalue weighted by Gasteiger charge is 2.26.